The van der Waals surface area contributed by atoms with Crippen LogP contribution in [0.25, 0.3) is 5.65 Å². The van der Waals surface area contributed by atoms with E-state index in [0.29, 0.717) is 0 Å². The molecule has 0 fully saturated rings. The highest BCUT2D eigenvalue weighted by Crippen LogP contribution is 2.19. The molecule has 3 heteroatoms. The number of nitrogens with zero attached hydrogens (tertiary/aromatic N) is 2. The second-order valence-corrected chi connectivity index (χ2v) is 4.06. The number of aryl methyl sites for hydroxylation is 3. The fraction of sp³-hybridized carbons (Fsp3) is 0.417. The van der Waals surface area contributed by atoms with Crippen LogP contribution in [-0.4, -0.2) is 9.38 Å². The number of nitrogens with two attached hydrogens (primary N) is 1. The lowest BCUT2D eigenvalue weighted by Gasteiger charge is -2.03. The monoisotopic (exact) mass is 203 g/mol. The predicted molar refractivity (Wildman–Crippen MR) is 63.1 cm³/mol. The van der Waals surface area contributed by atoms with E-state index < -0.39 is 0 Å². The summed E-state index contributed by atoms with van der Waals surface area (Å²) < 4.78 is 2.03. The molecule has 0 aliphatic heterocycles. The molecule has 0 aliphatic carbocycles. The third-order valence-electron chi connectivity index (χ3n) is 2.65. The summed E-state index contributed by atoms with van der Waals surface area (Å²) in [7, 11) is 0. The highest BCUT2D eigenvalue weighted by Gasteiger charge is 2.09. The van der Waals surface area contributed by atoms with Crippen molar-refractivity contribution >= 4 is 11.5 Å². The zero-order chi connectivity index (χ0) is 11.0. The lowest BCUT2D eigenvalue weighted by atomic mass is 10.2. The number of fused-ring (bicyclic) bond motifs is 1. The summed E-state index contributed by atoms with van der Waals surface area (Å²) in [5.41, 5.74) is 10.4. The van der Waals surface area contributed by atoms with E-state index in [9.17, 15) is 0 Å². The van der Waals surface area contributed by atoms with Crippen molar-refractivity contribution in [1.29, 1.82) is 0 Å². The van der Waals surface area contributed by atoms with Crippen molar-refractivity contribution in [3.05, 3.63) is 29.1 Å². The molecule has 0 aromatic carbocycles. The molecule has 2 rings (SSSR count). The van der Waals surface area contributed by atoms with E-state index in [1.54, 1.807) is 0 Å². The Morgan fingerprint density at radius 2 is 2.07 bits per heavy atom. The minimum atomic E-state index is 0.796. The second-order valence-electron chi connectivity index (χ2n) is 4.06. The zero-order valence-electron chi connectivity index (χ0n) is 9.54. The zero-order valence-corrected chi connectivity index (χ0v) is 9.54. The van der Waals surface area contributed by atoms with Gasteiger partial charge in [-0.05, 0) is 38.0 Å². The summed E-state index contributed by atoms with van der Waals surface area (Å²) in [6, 6.07) is 4.20. The van der Waals surface area contributed by atoms with Crippen LogP contribution in [0.1, 0.15) is 30.3 Å². The van der Waals surface area contributed by atoms with Crippen molar-refractivity contribution in [3.8, 4) is 0 Å². The molecule has 15 heavy (non-hydrogen) atoms. The second kappa shape index (κ2) is 3.57. The maximum absolute atomic E-state index is 6.08. The van der Waals surface area contributed by atoms with Gasteiger partial charge in [0.1, 0.15) is 11.5 Å². The number of hydrogen-bond donors (Lipinski definition) is 1. The molecule has 0 aliphatic rings. The smallest absolute Gasteiger partial charge is 0.139 e. The van der Waals surface area contributed by atoms with Crippen molar-refractivity contribution in [2.45, 2.75) is 33.6 Å². The molecule has 0 saturated heterocycles. The molecule has 3 nitrogen and oxygen atoms in total. The van der Waals surface area contributed by atoms with Gasteiger partial charge in [0.25, 0.3) is 0 Å². The number of imidazole rings is 1. The van der Waals surface area contributed by atoms with Crippen LogP contribution in [0, 0.1) is 13.8 Å². The topological polar surface area (TPSA) is 43.3 Å². The number of hydrogen-bond acceptors (Lipinski definition) is 2. The van der Waals surface area contributed by atoms with Crippen LogP contribution < -0.4 is 5.73 Å². The van der Waals surface area contributed by atoms with E-state index in [0.717, 1.165) is 35.7 Å². The predicted octanol–water partition coefficient (Wildman–Crippen LogP) is 2.49. The first kappa shape index (κ1) is 10.0. The molecular weight excluding hydrogens is 186 g/mol. The molecule has 0 amide bonds. The van der Waals surface area contributed by atoms with Crippen molar-refractivity contribution in [2.75, 3.05) is 5.73 Å². The molecule has 0 bridgehead atoms. The van der Waals surface area contributed by atoms with Gasteiger partial charge in [-0.3, -0.25) is 4.40 Å². The summed E-state index contributed by atoms with van der Waals surface area (Å²) in [6.07, 6.45) is 2.03. The molecular formula is C12H17N3. The van der Waals surface area contributed by atoms with Gasteiger partial charge in [-0.15, -0.1) is 0 Å². The molecule has 2 aromatic rings. The normalized spacial score (nSPS) is 11.1. The van der Waals surface area contributed by atoms with Gasteiger partial charge in [0, 0.05) is 5.69 Å². The van der Waals surface area contributed by atoms with Crippen molar-refractivity contribution in [3.63, 3.8) is 0 Å². The van der Waals surface area contributed by atoms with Gasteiger partial charge in [-0.1, -0.05) is 13.3 Å². The van der Waals surface area contributed by atoms with E-state index in [4.69, 9.17) is 5.73 Å². The van der Waals surface area contributed by atoms with Crippen LogP contribution in [0.2, 0.25) is 0 Å². The van der Waals surface area contributed by atoms with Crippen LogP contribution in [0.5, 0.6) is 0 Å². The van der Waals surface area contributed by atoms with Crippen LogP contribution in [0.3, 0.4) is 0 Å². The van der Waals surface area contributed by atoms with Crippen LogP contribution in [0.4, 0.5) is 5.82 Å². The molecule has 2 N–H and O–H groups in total. The Kier molecular flexibility index (Phi) is 2.39. The number of rotatable bonds is 2. The summed E-state index contributed by atoms with van der Waals surface area (Å²) in [4.78, 5) is 4.56. The number of pyridine rings is 1. The van der Waals surface area contributed by atoms with Gasteiger partial charge in [0.05, 0.1) is 5.69 Å². The van der Waals surface area contributed by atoms with Crippen LogP contribution >= 0.6 is 0 Å². The SMILES string of the molecule is CCCc1nc2cc(C)cc(C)n2c1N. The van der Waals surface area contributed by atoms with E-state index in [1.807, 2.05) is 4.40 Å². The first-order valence-corrected chi connectivity index (χ1v) is 5.37. The molecule has 80 valence electrons. The molecule has 0 saturated carbocycles. The average Bonchev–Trinajstić information content (AvgIpc) is 2.43. The Morgan fingerprint density at radius 1 is 1.33 bits per heavy atom. The molecule has 0 spiro atoms. The fourth-order valence-corrected chi connectivity index (χ4v) is 2.03. The Balaban J connectivity index is 2.70. The van der Waals surface area contributed by atoms with Gasteiger partial charge >= 0.3 is 0 Å². The van der Waals surface area contributed by atoms with Gasteiger partial charge in [0.15, 0.2) is 0 Å². The van der Waals surface area contributed by atoms with Crippen LogP contribution in [-0.2, 0) is 6.42 Å². The first-order chi connectivity index (χ1) is 7.13. The minimum absolute atomic E-state index is 0.796. The minimum Gasteiger partial charge on any atom is -0.383 e. The molecule has 0 unspecified atom stereocenters. The molecule has 0 radical (unpaired) electrons. The summed E-state index contributed by atoms with van der Waals surface area (Å²) in [5.74, 6) is 0.796. The quantitative estimate of drug-likeness (QED) is 0.814. The average molecular weight is 203 g/mol. The van der Waals surface area contributed by atoms with Gasteiger partial charge in [0.2, 0.25) is 0 Å². The molecule has 0 atom stereocenters. The Hall–Kier alpha value is -1.51. The molecule has 2 aromatic heterocycles. The highest BCUT2D eigenvalue weighted by molar-refractivity contribution is 5.55. The van der Waals surface area contributed by atoms with E-state index >= 15 is 0 Å². The summed E-state index contributed by atoms with van der Waals surface area (Å²) >= 11 is 0. The Bertz CT molecular complexity index is 497. The summed E-state index contributed by atoms with van der Waals surface area (Å²) in [5, 5.41) is 0. The number of anilines is 1. The standard InChI is InChI=1S/C12H17N3/c1-4-5-10-12(13)15-9(3)6-8(2)7-11(15)14-10/h6-7H,4-5,13H2,1-3H3. The van der Waals surface area contributed by atoms with E-state index in [-0.39, 0.29) is 0 Å². The largest absolute Gasteiger partial charge is 0.383 e. The lowest BCUT2D eigenvalue weighted by molar-refractivity contribution is 0.897. The first-order valence-electron chi connectivity index (χ1n) is 5.37. The van der Waals surface area contributed by atoms with E-state index in [2.05, 4.69) is 37.9 Å². The third kappa shape index (κ3) is 1.58. The van der Waals surface area contributed by atoms with Crippen molar-refractivity contribution in [1.82, 2.24) is 9.38 Å². The maximum Gasteiger partial charge on any atom is 0.139 e. The maximum atomic E-state index is 6.08. The molecule has 2 heterocycles. The fourth-order valence-electron chi connectivity index (χ4n) is 2.03. The number of aromatic nitrogens is 2. The Labute approximate surface area is 89.9 Å². The Morgan fingerprint density at radius 3 is 2.73 bits per heavy atom. The summed E-state index contributed by atoms with van der Waals surface area (Å²) in [6.45, 7) is 6.28. The highest BCUT2D eigenvalue weighted by atomic mass is 15.1. The third-order valence-corrected chi connectivity index (χ3v) is 2.65. The van der Waals surface area contributed by atoms with Gasteiger partial charge in [-0.25, -0.2) is 4.98 Å². The number of nitrogen functional groups attached to an aromatic ring is 1. The van der Waals surface area contributed by atoms with Crippen molar-refractivity contribution < 1.29 is 0 Å². The lowest BCUT2D eigenvalue weighted by Crippen LogP contribution is -1.99. The van der Waals surface area contributed by atoms with Crippen molar-refractivity contribution in [2.24, 2.45) is 0 Å². The van der Waals surface area contributed by atoms with Gasteiger partial charge < -0.3 is 5.73 Å². The van der Waals surface area contributed by atoms with E-state index in [1.165, 1.54) is 5.56 Å². The van der Waals surface area contributed by atoms with Gasteiger partial charge in [-0.2, -0.15) is 0 Å². The van der Waals surface area contributed by atoms with Crippen LogP contribution in [0.15, 0.2) is 12.1 Å².